The average Bonchev–Trinajstić information content (AvgIpc) is 2.24. The van der Waals surface area contributed by atoms with Gasteiger partial charge in [-0.3, -0.25) is 0 Å². The van der Waals surface area contributed by atoms with E-state index in [-0.39, 0.29) is 0 Å². The largest absolute Gasteiger partial charge is 0.382 e. The number of nitrogens with one attached hydrogen (secondary N) is 1. The third-order valence-electron chi connectivity index (χ3n) is 3.26. The number of benzene rings is 1. The van der Waals surface area contributed by atoms with Gasteiger partial charge in [-0.1, -0.05) is 17.7 Å². The van der Waals surface area contributed by atoms with Crippen LogP contribution in [0.2, 0.25) is 5.02 Å². The summed E-state index contributed by atoms with van der Waals surface area (Å²) in [5, 5.41) is 4.34. The van der Waals surface area contributed by atoms with E-state index in [0.29, 0.717) is 12.1 Å². The molecule has 3 N–H and O–H groups in total. The fourth-order valence-corrected chi connectivity index (χ4v) is 2.46. The minimum absolute atomic E-state index is 0.354. The molecule has 2 nitrogen and oxygen atoms in total. The van der Waals surface area contributed by atoms with Crippen LogP contribution in [0.15, 0.2) is 18.2 Å². The van der Waals surface area contributed by atoms with Gasteiger partial charge in [0, 0.05) is 22.8 Å². The third kappa shape index (κ3) is 2.89. The smallest absolute Gasteiger partial charge is 0.0455 e. The third-order valence-corrected chi connectivity index (χ3v) is 3.66. The molecular weight excluding hydrogens is 220 g/mol. The van der Waals surface area contributed by atoms with Gasteiger partial charge in [0.05, 0.1) is 0 Å². The van der Waals surface area contributed by atoms with Gasteiger partial charge in [0.2, 0.25) is 0 Å². The first-order chi connectivity index (χ1) is 7.65. The Kier molecular flexibility index (Phi) is 3.72. The van der Waals surface area contributed by atoms with Crippen LogP contribution >= 0.6 is 11.6 Å². The first kappa shape index (κ1) is 11.7. The van der Waals surface area contributed by atoms with E-state index in [9.17, 15) is 0 Å². The summed E-state index contributed by atoms with van der Waals surface area (Å²) in [5.41, 5.74) is 8.19. The van der Waals surface area contributed by atoms with Gasteiger partial charge in [-0.25, -0.2) is 0 Å². The maximum atomic E-state index is 6.10. The van der Waals surface area contributed by atoms with Crippen molar-refractivity contribution in [1.82, 2.24) is 0 Å². The molecule has 16 heavy (non-hydrogen) atoms. The Morgan fingerprint density at radius 3 is 2.88 bits per heavy atom. The van der Waals surface area contributed by atoms with Gasteiger partial charge >= 0.3 is 0 Å². The van der Waals surface area contributed by atoms with Crippen molar-refractivity contribution >= 4 is 17.3 Å². The predicted octanol–water partition coefficient (Wildman–Crippen LogP) is 3.33. The molecule has 3 heteroatoms. The van der Waals surface area contributed by atoms with Crippen LogP contribution in [0.4, 0.5) is 5.69 Å². The summed E-state index contributed by atoms with van der Waals surface area (Å²) in [6, 6.07) is 6.99. The van der Waals surface area contributed by atoms with Gasteiger partial charge < -0.3 is 11.1 Å². The lowest BCUT2D eigenvalue weighted by atomic mass is 9.91. The second kappa shape index (κ2) is 5.07. The Labute approximate surface area is 102 Å². The average molecular weight is 239 g/mol. The molecule has 0 aliphatic heterocycles. The predicted molar refractivity (Wildman–Crippen MR) is 70.0 cm³/mol. The first-order valence-electron chi connectivity index (χ1n) is 5.93. The van der Waals surface area contributed by atoms with Gasteiger partial charge in [0.25, 0.3) is 0 Å². The minimum Gasteiger partial charge on any atom is -0.382 e. The molecule has 0 spiro atoms. The summed E-state index contributed by atoms with van der Waals surface area (Å²) < 4.78 is 0. The summed E-state index contributed by atoms with van der Waals surface area (Å²) >= 11 is 6.10. The fraction of sp³-hybridized carbons (Fsp3) is 0.538. The lowest BCUT2D eigenvalue weighted by molar-refractivity contribution is 0.409. The standard InChI is InChI=1S/C13H19ClN2/c1-9-5-6-12(8-13(9)14)16-11-4-2-3-10(15)7-11/h5-6,8,10-11,16H,2-4,7,15H2,1H3. The zero-order chi connectivity index (χ0) is 11.5. The van der Waals surface area contributed by atoms with E-state index in [1.54, 1.807) is 0 Å². The molecule has 1 aromatic rings. The summed E-state index contributed by atoms with van der Waals surface area (Å²) in [5.74, 6) is 0. The molecule has 0 aromatic heterocycles. The van der Waals surface area contributed by atoms with E-state index in [0.717, 1.165) is 29.1 Å². The number of halogens is 1. The van der Waals surface area contributed by atoms with Crippen LogP contribution in [0.1, 0.15) is 31.2 Å². The Bertz CT molecular complexity index is 365. The highest BCUT2D eigenvalue weighted by Gasteiger charge is 2.18. The second-order valence-corrected chi connectivity index (χ2v) is 5.14. The Balaban J connectivity index is 2.00. The van der Waals surface area contributed by atoms with Gasteiger partial charge in [0.15, 0.2) is 0 Å². The van der Waals surface area contributed by atoms with Crippen molar-refractivity contribution in [3.63, 3.8) is 0 Å². The van der Waals surface area contributed by atoms with Gasteiger partial charge in [-0.15, -0.1) is 0 Å². The molecule has 0 heterocycles. The van der Waals surface area contributed by atoms with Crippen molar-refractivity contribution in [2.24, 2.45) is 5.73 Å². The monoisotopic (exact) mass is 238 g/mol. The molecule has 0 radical (unpaired) electrons. The lowest BCUT2D eigenvalue weighted by Gasteiger charge is -2.28. The fourth-order valence-electron chi connectivity index (χ4n) is 2.28. The quantitative estimate of drug-likeness (QED) is 0.830. The molecule has 1 aliphatic rings. The SMILES string of the molecule is Cc1ccc(NC2CCCC(N)C2)cc1Cl. The summed E-state index contributed by atoms with van der Waals surface area (Å²) in [4.78, 5) is 0. The normalized spacial score (nSPS) is 25.4. The van der Waals surface area contributed by atoms with E-state index in [4.69, 9.17) is 17.3 Å². The molecule has 2 unspecified atom stereocenters. The summed E-state index contributed by atoms with van der Waals surface area (Å²) in [6.45, 7) is 2.02. The van der Waals surface area contributed by atoms with E-state index >= 15 is 0 Å². The molecule has 0 bridgehead atoms. The van der Waals surface area contributed by atoms with E-state index < -0.39 is 0 Å². The maximum absolute atomic E-state index is 6.10. The van der Waals surface area contributed by atoms with Crippen LogP contribution < -0.4 is 11.1 Å². The summed E-state index contributed by atoms with van der Waals surface area (Å²) in [6.07, 6.45) is 4.65. The number of anilines is 1. The molecule has 0 amide bonds. The number of rotatable bonds is 2. The molecule has 0 saturated heterocycles. The highest BCUT2D eigenvalue weighted by molar-refractivity contribution is 6.31. The topological polar surface area (TPSA) is 38.0 Å². The first-order valence-corrected chi connectivity index (χ1v) is 6.31. The molecule has 2 rings (SSSR count). The molecule has 1 aliphatic carbocycles. The Morgan fingerprint density at radius 1 is 1.38 bits per heavy atom. The molecule has 1 fully saturated rings. The zero-order valence-corrected chi connectivity index (χ0v) is 10.4. The number of aryl methyl sites for hydroxylation is 1. The van der Waals surface area contributed by atoms with Crippen molar-refractivity contribution in [2.75, 3.05) is 5.32 Å². The van der Waals surface area contributed by atoms with Crippen molar-refractivity contribution in [3.05, 3.63) is 28.8 Å². The van der Waals surface area contributed by atoms with Crippen molar-refractivity contribution in [2.45, 2.75) is 44.7 Å². The number of hydrogen-bond acceptors (Lipinski definition) is 2. The molecule has 1 aromatic carbocycles. The van der Waals surface area contributed by atoms with Crippen molar-refractivity contribution in [3.8, 4) is 0 Å². The number of hydrogen-bond donors (Lipinski definition) is 2. The molecule has 1 saturated carbocycles. The van der Waals surface area contributed by atoms with Crippen LogP contribution in [-0.4, -0.2) is 12.1 Å². The molecule has 2 atom stereocenters. The Morgan fingerprint density at radius 2 is 2.19 bits per heavy atom. The van der Waals surface area contributed by atoms with E-state index in [1.807, 2.05) is 19.1 Å². The summed E-state index contributed by atoms with van der Waals surface area (Å²) in [7, 11) is 0. The minimum atomic E-state index is 0.354. The van der Waals surface area contributed by atoms with Crippen molar-refractivity contribution in [1.29, 1.82) is 0 Å². The molecule has 88 valence electrons. The van der Waals surface area contributed by atoms with Crippen LogP contribution in [0.25, 0.3) is 0 Å². The van der Waals surface area contributed by atoms with Crippen LogP contribution in [0, 0.1) is 6.92 Å². The highest BCUT2D eigenvalue weighted by Crippen LogP contribution is 2.24. The van der Waals surface area contributed by atoms with E-state index in [1.165, 1.54) is 12.8 Å². The number of nitrogens with two attached hydrogens (primary N) is 1. The van der Waals surface area contributed by atoms with Crippen LogP contribution in [-0.2, 0) is 0 Å². The van der Waals surface area contributed by atoms with Gasteiger partial charge in [0.1, 0.15) is 0 Å². The maximum Gasteiger partial charge on any atom is 0.0455 e. The van der Waals surface area contributed by atoms with Crippen LogP contribution in [0.5, 0.6) is 0 Å². The second-order valence-electron chi connectivity index (χ2n) is 4.73. The molecular formula is C13H19ClN2. The van der Waals surface area contributed by atoms with Crippen LogP contribution in [0.3, 0.4) is 0 Å². The van der Waals surface area contributed by atoms with Gasteiger partial charge in [-0.05, 0) is 50.3 Å². The highest BCUT2D eigenvalue weighted by atomic mass is 35.5. The zero-order valence-electron chi connectivity index (χ0n) is 9.67. The van der Waals surface area contributed by atoms with Crippen molar-refractivity contribution < 1.29 is 0 Å². The Hall–Kier alpha value is -0.730. The van der Waals surface area contributed by atoms with Gasteiger partial charge in [-0.2, -0.15) is 0 Å². The van der Waals surface area contributed by atoms with E-state index in [2.05, 4.69) is 11.4 Å². The lowest BCUT2D eigenvalue weighted by Crippen LogP contribution is -2.34.